The van der Waals surface area contributed by atoms with E-state index in [1.165, 1.54) is 17.0 Å². The van der Waals surface area contributed by atoms with E-state index in [4.69, 9.17) is 14.2 Å². The van der Waals surface area contributed by atoms with Crippen molar-refractivity contribution in [1.29, 1.82) is 0 Å². The monoisotopic (exact) mass is 798 g/mol. The third-order valence-electron chi connectivity index (χ3n) is 11.3. The summed E-state index contributed by atoms with van der Waals surface area (Å²) in [6, 6.07) is 23.4. The quantitative estimate of drug-likeness (QED) is 0.0591. The number of carbonyl (C=O) groups excluding carboxylic acids is 4. The summed E-state index contributed by atoms with van der Waals surface area (Å²) in [6.07, 6.45) is -0.258. The Bertz CT molecular complexity index is 2900. The molecule has 2 aliphatic rings. The molecule has 2 heterocycles. The molecule has 0 aliphatic carbocycles. The van der Waals surface area contributed by atoms with Gasteiger partial charge in [0.05, 0.1) is 61.5 Å². The first-order valence-corrected chi connectivity index (χ1v) is 20.6. The number of fused-ring (bicyclic) bond motifs is 3. The van der Waals surface area contributed by atoms with E-state index >= 15 is 0 Å². The van der Waals surface area contributed by atoms with Crippen LogP contribution in [0.4, 0.5) is 5.69 Å². The SMILES string of the molecule is COCCOCC(C)OCC(C)N1C(=O)c2ccc3c4ccc5c6c(ccc(c7ccc(c2c37)C1=O)c64)C(=O)N(c1ccc2cc(S(=O)(=O)CCO)ccc2c1)C5=O. The molecule has 2 unspecified atom stereocenters. The Morgan fingerprint density at radius 2 is 1.14 bits per heavy atom. The summed E-state index contributed by atoms with van der Waals surface area (Å²) in [7, 11) is -2.07. The third-order valence-corrected chi connectivity index (χ3v) is 13.0. The van der Waals surface area contributed by atoms with E-state index in [9.17, 15) is 32.7 Å². The van der Waals surface area contributed by atoms with Crippen LogP contribution in [-0.4, -0.2) is 100 Å². The van der Waals surface area contributed by atoms with Crippen LogP contribution < -0.4 is 4.90 Å². The first-order valence-electron chi connectivity index (χ1n) is 19.0. The average Bonchev–Trinajstić information content (AvgIpc) is 3.22. The molecule has 58 heavy (non-hydrogen) atoms. The van der Waals surface area contributed by atoms with Crippen LogP contribution in [0.3, 0.4) is 0 Å². The number of sulfone groups is 1. The van der Waals surface area contributed by atoms with Gasteiger partial charge in [0.25, 0.3) is 23.6 Å². The van der Waals surface area contributed by atoms with Crippen molar-refractivity contribution >= 4 is 93.0 Å². The summed E-state index contributed by atoms with van der Waals surface area (Å²) < 4.78 is 41.7. The smallest absolute Gasteiger partial charge is 0.265 e. The number of aliphatic hydroxyl groups is 1. The number of benzene rings is 7. The van der Waals surface area contributed by atoms with Crippen LogP contribution >= 0.6 is 0 Å². The number of ether oxygens (including phenoxy) is 3. The van der Waals surface area contributed by atoms with Gasteiger partial charge in [0.2, 0.25) is 0 Å². The summed E-state index contributed by atoms with van der Waals surface area (Å²) in [6.45, 7) is 4.55. The average molecular weight is 799 g/mol. The van der Waals surface area contributed by atoms with E-state index in [-0.39, 0.29) is 17.6 Å². The second-order valence-corrected chi connectivity index (χ2v) is 17.0. The van der Waals surface area contributed by atoms with Crippen molar-refractivity contribution in [2.45, 2.75) is 30.9 Å². The van der Waals surface area contributed by atoms with Gasteiger partial charge in [-0.3, -0.25) is 24.1 Å². The molecule has 0 radical (unpaired) electrons. The Kier molecular flexibility index (Phi) is 9.25. The Hall–Kier alpha value is -5.83. The number of nitrogens with zero attached hydrogens (tertiary/aromatic N) is 2. The van der Waals surface area contributed by atoms with Gasteiger partial charge in [-0.05, 0) is 105 Å². The third kappa shape index (κ3) is 5.76. The first-order chi connectivity index (χ1) is 27.9. The highest BCUT2D eigenvalue weighted by Gasteiger charge is 2.39. The van der Waals surface area contributed by atoms with Gasteiger partial charge in [0, 0.05) is 40.1 Å². The number of carbonyl (C=O) groups is 4. The van der Waals surface area contributed by atoms with E-state index in [1.807, 2.05) is 31.2 Å². The number of anilines is 1. The van der Waals surface area contributed by atoms with Crippen molar-refractivity contribution in [2.75, 3.05) is 50.8 Å². The van der Waals surface area contributed by atoms with Crippen molar-refractivity contribution in [3.05, 3.63) is 107 Å². The Balaban J connectivity index is 1.09. The molecule has 7 aromatic carbocycles. The molecule has 9 rings (SSSR count). The lowest BCUT2D eigenvalue weighted by atomic mass is 9.82. The normalized spacial score (nSPS) is 15.6. The molecule has 0 bridgehead atoms. The van der Waals surface area contributed by atoms with Crippen molar-refractivity contribution in [3.8, 4) is 0 Å². The second-order valence-electron chi connectivity index (χ2n) is 14.9. The van der Waals surface area contributed by atoms with Crippen molar-refractivity contribution in [3.63, 3.8) is 0 Å². The number of amides is 4. The number of hydrogen-bond donors (Lipinski definition) is 1. The predicted octanol–water partition coefficient (Wildman–Crippen LogP) is 6.51. The Labute approximate surface area is 332 Å². The molecule has 0 spiro atoms. The van der Waals surface area contributed by atoms with Crippen LogP contribution in [0, 0.1) is 0 Å². The summed E-state index contributed by atoms with van der Waals surface area (Å²) in [5, 5.41) is 16.2. The van der Waals surface area contributed by atoms with Gasteiger partial charge in [-0.2, -0.15) is 0 Å². The van der Waals surface area contributed by atoms with Crippen LogP contribution in [0.15, 0.2) is 89.8 Å². The molecule has 2 aliphatic heterocycles. The Morgan fingerprint density at radius 3 is 1.67 bits per heavy atom. The molecule has 0 saturated heterocycles. The fourth-order valence-electron chi connectivity index (χ4n) is 8.52. The van der Waals surface area contributed by atoms with E-state index in [0.717, 1.165) is 37.2 Å². The second kappa shape index (κ2) is 14.2. The zero-order valence-corrected chi connectivity index (χ0v) is 32.7. The lowest BCUT2D eigenvalue weighted by Crippen LogP contribution is -2.48. The highest BCUT2D eigenvalue weighted by Crippen LogP contribution is 2.47. The molecule has 13 heteroatoms. The van der Waals surface area contributed by atoms with Crippen LogP contribution in [0.25, 0.3) is 53.9 Å². The van der Waals surface area contributed by atoms with Gasteiger partial charge in [-0.25, -0.2) is 13.3 Å². The molecule has 0 fully saturated rings. The van der Waals surface area contributed by atoms with Gasteiger partial charge in [0.1, 0.15) is 0 Å². The van der Waals surface area contributed by atoms with E-state index < -0.39 is 51.9 Å². The molecule has 0 aromatic heterocycles. The largest absolute Gasteiger partial charge is 0.395 e. The van der Waals surface area contributed by atoms with Crippen LogP contribution in [0.1, 0.15) is 55.3 Å². The topological polar surface area (TPSA) is 157 Å². The van der Waals surface area contributed by atoms with Crippen LogP contribution in [-0.2, 0) is 24.0 Å². The lowest BCUT2D eigenvalue weighted by Gasteiger charge is -2.33. The summed E-state index contributed by atoms with van der Waals surface area (Å²) in [5.74, 6) is -2.21. The maximum Gasteiger partial charge on any atom is 0.265 e. The molecule has 4 amide bonds. The summed E-state index contributed by atoms with van der Waals surface area (Å²) in [4.78, 5) is 59.4. The van der Waals surface area contributed by atoms with Crippen LogP contribution in [0.5, 0.6) is 0 Å². The van der Waals surface area contributed by atoms with E-state index in [0.29, 0.717) is 69.3 Å². The summed E-state index contributed by atoms with van der Waals surface area (Å²) in [5.41, 5.74) is 1.85. The minimum Gasteiger partial charge on any atom is -0.395 e. The molecule has 12 nitrogen and oxygen atoms in total. The highest BCUT2D eigenvalue weighted by atomic mass is 32.2. The zero-order chi connectivity index (χ0) is 40.6. The maximum absolute atomic E-state index is 14.3. The number of imide groups is 2. The number of aliphatic hydroxyl groups excluding tert-OH is 1. The molecular weight excluding hydrogens is 761 g/mol. The fraction of sp³-hybridized carbons (Fsp3) is 0.244. The molecule has 2 atom stereocenters. The zero-order valence-electron chi connectivity index (χ0n) is 31.9. The van der Waals surface area contributed by atoms with Gasteiger partial charge in [-0.15, -0.1) is 0 Å². The van der Waals surface area contributed by atoms with Gasteiger partial charge >= 0.3 is 0 Å². The first kappa shape index (κ1) is 37.7. The van der Waals surface area contributed by atoms with E-state index in [2.05, 4.69) is 0 Å². The Morgan fingerprint density at radius 1 is 0.621 bits per heavy atom. The molecular formula is C45H38N2O10S. The van der Waals surface area contributed by atoms with Gasteiger partial charge in [-0.1, -0.05) is 36.4 Å². The maximum atomic E-state index is 14.3. The van der Waals surface area contributed by atoms with Crippen molar-refractivity contribution in [2.24, 2.45) is 0 Å². The standard InChI is InChI=1S/C45H38N2O10S/c1-24(22-57-25(2)23-56-18-17-55-3)46-42(49)34-12-8-30-32-10-14-36-41-37(15-11-33(39(32)41)31-9-13-35(43(46)50)40(34)38(30)31)45(52)47(44(36)51)28-6-4-27-21-29(7-5-26(27)20-28)58(53,54)19-16-48/h4-15,20-21,24-25,48H,16-19,22-23H2,1-3H3. The van der Waals surface area contributed by atoms with E-state index in [1.54, 1.807) is 62.6 Å². The number of rotatable bonds is 13. The molecule has 7 aromatic rings. The fourth-order valence-corrected chi connectivity index (χ4v) is 9.58. The number of methoxy groups -OCH3 is 1. The van der Waals surface area contributed by atoms with Gasteiger partial charge < -0.3 is 19.3 Å². The molecule has 294 valence electrons. The lowest BCUT2D eigenvalue weighted by molar-refractivity contribution is -0.0312. The minimum atomic E-state index is -3.67. The van der Waals surface area contributed by atoms with Crippen molar-refractivity contribution in [1.82, 2.24) is 4.90 Å². The summed E-state index contributed by atoms with van der Waals surface area (Å²) >= 11 is 0. The molecule has 1 N–H and O–H groups in total. The number of hydrogen-bond acceptors (Lipinski definition) is 10. The van der Waals surface area contributed by atoms with Crippen molar-refractivity contribution < 1.29 is 46.9 Å². The highest BCUT2D eigenvalue weighted by molar-refractivity contribution is 7.91. The molecule has 0 saturated carbocycles. The predicted molar refractivity (Wildman–Crippen MR) is 220 cm³/mol. The van der Waals surface area contributed by atoms with Gasteiger partial charge in [0.15, 0.2) is 9.84 Å². The minimum absolute atomic E-state index is 0.0735. The van der Waals surface area contributed by atoms with Crippen LogP contribution in [0.2, 0.25) is 0 Å².